The van der Waals surface area contributed by atoms with Crippen LogP contribution in [0.1, 0.15) is 24.1 Å². The third-order valence-electron chi connectivity index (χ3n) is 2.74. The van der Waals surface area contributed by atoms with Crippen LogP contribution in [-0.4, -0.2) is 9.97 Å². The van der Waals surface area contributed by atoms with Crippen LogP contribution in [0.25, 0.3) is 0 Å². The van der Waals surface area contributed by atoms with Crippen molar-refractivity contribution in [2.45, 2.75) is 13.0 Å². The molecule has 1 atom stereocenters. The lowest BCUT2D eigenvalue weighted by Crippen LogP contribution is -2.10. The van der Waals surface area contributed by atoms with E-state index in [0.717, 1.165) is 16.8 Å². The molecule has 0 bridgehead atoms. The van der Waals surface area contributed by atoms with Crippen LogP contribution in [0, 0.1) is 0 Å². The van der Waals surface area contributed by atoms with Crippen molar-refractivity contribution in [1.82, 2.24) is 4.98 Å². The van der Waals surface area contributed by atoms with Crippen molar-refractivity contribution in [3.8, 4) is 0 Å². The van der Waals surface area contributed by atoms with E-state index in [2.05, 4.69) is 17.2 Å². The van der Waals surface area contributed by atoms with Gasteiger partial charge in [0.1, 0.15) is 4.99 Å². The Morgan fingerprint density at radius 1 is 1.28 bits per heavy atom. The molecule has 0 spiro atoms. The van der Waals surface area contributed by atoms with Gasteiger partial charge in [-0.1, -0.05) is 18.3 Å². The van der Waals surface area contributed by atoms with Crippen molar-refractivity contribution in [3.63, 3.8) is 0 Å². The van der Waals surface area contributed by atoms with Crippen LogP contribution < -0.4 is 11.1 Å². The second-order valence-corrected chi connectivity index (χ2v) is 4.53. The molecule has 4 heteroatoms. The Balaban J connectivity index is 2.08. The van der Waals surface area contributed by atoms with Crippen molar-refractivity contribution < 1.29 is 0 Å². The highest BCUT2D eigenvalue weighted by atomic mass is 32.1. The number of hydrogen-bond donors (Lipinski definition) is 2. The Morgan fingerprint density at radius 3 is 2.56 bits per heavy atom. The van der Waals surface area contributed by atoms with Gasteiger partial charge in [-0.25, -0.2) is 0 Å². The number of rotatable bonds is 4. The summed E-state index contributed by atoms with van der Waals surface area (Å²) in [6.07, 6.45) is 3.63. The Morgan fingerprint density at radius 2 is 2.00 bits per heavy atom. The van der Waals surface area contributed by atoms with Crippen LogP contribution in [-0.2, 0) is 0 Å². The fourth-order valence-corrected chi connectivity index (χ4v) is 1.83. The maximum Gasteiger partial charge on any atom is 0.103 e. The zero-order chi connectivity index (χ0) is 13.0. The maximum atomic E-state index is 5.56. The number of benzene rings is 1. The summed E-state index contributed by atoms with van der Waals surface area (Å²) in [5.74, 6) is 0. The molecule has 18 heavy (non-hydrogen) atoms. The molecule has 2 aromatic rings. The Hall–Kier alpha value is -1.94. The van der Waals surface area contributed by atoms with Gasteiger partial charge in [0.15, 0.2) is 0 Å². The van der Waals surface area contributed by atoms with E-state index in [1.54, 1.807) is 6.20 Å². The summed E-state index contributed by atoms with van der Waals surface area (Å²) in [6, 6.07) is 12.0. The monoisotopic (exact) mass is 257 g/mol. The number of aromatic nitrogens is 1. The minimum Gasteiger partial charge on any atom is -0.389 e. The number of nitrogens with zero attached hydrogens (tertiary/aromatic N) is 1. The zero-order valence-corrected chi connectivity index (χ0v) is 10.9. The molecule has 1 unspecified atom stereocenters. The van der Waals surface area contributed by atoms with Crippen molar-refractivity contribution in [2.24, 2.45) is 5.73 Å². The highest BCUT2D eigenvalue weighted by molar-refractivity contribution is 7.80. The fraction of sp³-hybridized carbons (Fsp3) is 0.143. The van der Waals surface area contributed by atoms with E-state index in [1.165, 1.54) is 0 Å². The summed E-state index contributed by atoms with van der Waals surface area (Å²) >= 11 is 4.92. The minimum absolute atomic E-state index is 0.203. The van der Waals surface area contributed by atoms with Gasteiger partial charge in [0.25, 0.3) is 0 Å². The largest absolute Gasteiger partial charge is 0.389 e. The summed E-state index contributed by atoms with van der Waals surface area (Å²) in [4.78, 5) is 4.53. The second-order valence-electron chi connectivity index (χ2n) is 4.09. The van der Waals surface area contributed by atoms with Crippen molar-refractivity contribution in [1.29, 1.82) is 0 Å². The Labute approximate surface area is 112 Å². The molecular weight excluding hydrogens is 242 g/mol. The van der Waals surface area contributed by atoms with Crippen LogP contribution in [0.4, 0.5) is 5.69 Å². The van der Waals surface area contributed by atoms with Crippen molar-refractivity contribution >= 4 is 22.9 Å². The van der Waals surface area contributed by atoms with Crippen LogP contribution in [0.2, 0.25) is 0 Å². The first-order valence-corrected chi connectivity index (χ1v) is 6.14. The summed E-state index contributed by atoms with van der Waals surface area (Å²) in [6.45, 7) is 2.10. The number of hydrogen-bond acceptors (Lipinski definition) is 3. The Kier molecular flexibility index (Phi) is 3.89. The number of nitrogens with two attached hydrogens (primary N) is 1. The van der Waals surface area contributed by atoms with Crippen LogP contribution in [0.3, 0.4) is 0 Å². The van der Waals surface area contributed by atoms with Gasteiger partial charge in [-0.3, -0.25) is 4.98 Å². The van der Waals surface area contributed by atoms with E-state index in [1.807, 2.05) is 42.6 Å². The molecule has 1 aromatic heterocycles. The quantitative estimate of drug-likeness (QED) is 0.827. The topological polar surface area (TPSA) is 50.9 Å². The van der Waals surface area contributed by atoms with E-state index in [9.17, 15) is 0 Å². The molecular formula is C14H15N3S. The molecule has 0 fully saturated rings. The number of thiocarbonyl (C=S) groups is 1. The lowest BCUT2D eigenvalue weighted by molar-refractivity contribution is 0.876. The van der Waals surface area contributed by atoms with E-state index >= 15 is 0 Å². The smallest absolute Gasteiger partial charge is 0.103 e. The number of nitrogens with one attached hydrogen (secondary N) is 1. The summed E-state index contributed by atoms with van der Waals surface area (Å²) in [5.41, 5.74) is 8.62. The molecule has 92 valence electrons. The molecule has 1 heterocycles. The van der Waals surface area contributed by atoms with E-state index in [4.69, 9.17) is 18.0 Å². The van der Waals surface area contributed by atoms with Gasteiger partial charge < -0.3 is 11.1 Å². The molecule has 2 rings (SSSR count). The highest BCUT2D eigenvalue weighted by Crippen LogP contribution is 2.18. The molecule has 0 aliphatic rings. The lowest BCUT2D eigenvalue weighted by Gasteiger charge is -2.15. The zero-order valence-electron chi connectivity index (χ0n) is 10.1. The maximum absolute atomic E-state index is 5.56. The average molecular weight is 257 g/mol. The lowest BCUT2D eigenvalue weighted by atomic mass is 10.1. The second kappa shape index (κ2) is 5.60. The summed E-state index contributed by atoms with van der Waals surface area (Å²) in [7, 11) is 0. The van der Waals surface area contributed by atoms with Gasteiger partial charge in [0.05, 0.1) is 6.04 Å². The standard InChI is InChI=1S/C14H15N3S/c1-10(12-3-2-8-16-9-12)17-13-6-4-11(5-7-13)14(15)18/h2-10,17H,1H3,(H2,15,18). The molecule has 0 saturated carbocycles. The summed E-state index contributed by atoms with van der Waals surface area (Å²) < 4.78 is 0. The molecule has 0 aliphatic carbocycles. The first-order chi connectivity index (χ1) is 8.66. The predicted molar refractivity (Wildman–Crippen MR) is 78.6 cm³/mol. The average Bonchev–Trinajstić information content (AvgIpc) is 2.40. The van der Waals surface area contributed by atoms with E-state index < -0.39 is 0 Å². The third kappa shape index (κ3) is 3.05. The molecule has 0 saturated heterocycles. The molecule has 3 nitrogen and oxygen atoms in total. The molecule has 3 N–H and O–H groups in total. The SMILES string of the molecule is CC(Nc1ccc(C(N)=S)cc1)c1cccnc1. The first-order valence-electron chi connectivity index (χ1n) is 5.73. The molecule has 1 aromatic carbocycles. The highest BCUT2D eigenvalue weighted by Gasteiger charge is 2.05. The minimum atomic E-state index is 0.203. The van der Waals surface area contributed by atoms with Crippen LogP contribution >= 0.6 is 12.2 Å². The van der Waals surface area contributed by atoms with Gasteiger partial charge in [-0.2, -0.15) is 0 Å². The predicted octanol–water partition coefficient (Wildman–Crippen LogP) is 2.89. The molecule has 0 aliphatic heterocycles. The third-order valence-corrected chi connectivity index (χ3v) is 2.97. The molecule has 0 amide bonds. The Bertz CT molecular complexity index is 522. The van der Waals surface area contributed by atoms with Gasteiger partial charge in [0.2, 0.25) is 0 Å². The van der Waals surface area contributed by atoms with Crippen LogP contribution in [0.15, 0.2) is 48.8 Å². The van der Waals surface area contributed by atoms with Crippen molar-refractivity contribution in [3.05, 3.63) is 59.9 Å². The van der Waals surface area contributed by atoms with Gasteiger partial charge >= 0.3 is 0 Å². The summed E-state index contributed by atoms with van der Waals surface area (Å²) in [5, 5.41) is 3.40. The van der Waals surface area contributed by atoms with E-state index in [-0.39, 0.29) is 6.04 Å². The molecule has 0 radical (unpaired) electrons. The van der Waals surface area contributed by atoms with Crippen LogP contribution in [0.5, 0.6) is 0 Å². The van der Waals surface area contributed by atoms with E-state index in [0.29, 0.717) is 4.99 Å². The fourth-order valence-electron chi connectivity index (χ4n) is 1.70. The van der Waals surface area contributed by atoms with Gasteiger partial charge in [-0.15, -0.1) is 0 Å². The van der Waals surface area contributed by atoms with Gasteiger partial charge in [-0.05, 0) is 42.8 Å². The first kappa shape index (κ1) is 12.5. The van der Waals surface area contributed by atoms with Gasteiger partial charge in [0, 0.05) is 23.6 Å². The van der Waals surface area contributed by atoms with Crippen molar-refractivity contribution in [2.75, 3.05) is 5.32 Å². The normalized spacial score (nSPS) is 11.8. The number of pyridine rings is 1. The number of anilines is 1.